The van der Waals surface area contributed by atoms with Crippen molar-refractivity contribution >= 4 is 29.2 Å². The Kier molecular flexibility index (Phi) is 8.25. The fourth-order valence-corrected chi connectivity index (χ4v) is 3.84. The predicted molar refractivity (Wildman–Crippen MR) is 128 cm³/mol. The van der Waals surface area contributed by atoms with Crippen molar-refractivity contribution < 1.29 is 19.1 Å². The second-order valence-corrected chi connectivity index (χ2v) is 9.10. The van der Waals surface area contributed by atoms with Gasteiger partial charge in [0, 0.05) is 25.7 Å². The zero-order chi connectivity index (χ0) is 25.9. The van der Waals surface area contributed by atoms with E-state index >= 15 is 0 Å². The summed E-state index contributed by atoms with van der Waals surface area (Å²) in [7, 11) is 1.21. The van der Waals surface area contributed by atoms with E-state index in [9.17, 15) is 24.0 Å². The van der Waals surface area contributed by atoms with Gasteiger partial charge in [-0.1, -0.05) is 27.7 Å². The topological polar surface area (TPSA) is 160 Å². The first-order valence-electron chi connectivity index (χ1n) is 11.0. The highest BCUT2D eigenvalue weighted by Gasteiger charge is 2.29. The van der Waals surface area contributed by atoms with Gasteiger partial charge in [0.05, 0.1) is 24.8 Å². The standard InChI is InChI=1S/C23H33N5O6/c1-11(2)9-27(19-20(24)28(10-12(3)4)23(33)26-21(19)31)16(30)8-15-17(22(32)34-7)13(5)18(25-15)14(6)29/h11-12,25H,8-10,24H2,1-7H3,(H,26,31,33). The first-order chi connectivity index (χ1) is 15.8. The lowest BCUT2D eigenvalue weighted by molar-refractivity contribution is -0.118. The summed E-state index contributed by atoms with van der Waals surface area (Å²) in [5, 5.41) is 0. The average molecular weight is 476 g/mol. The molecule has 0 unspecified atom stereocenters. The highest BCUT2D eigenvalue weighted by Crippen LogP contribution is 2.24. The SMILES string of the molecule is COC(=O)c1c(CC(=O)N(CC(C)C)c2c(N)n(CC(C)C)c(=O)[nH]c2=O)[nH]c(C(C)=O)c1C. The van der Waals surface area contributed by atoms with Crippen LogP contribution in [0.25, 0.3) is 0 Å². The number of aromatic amines is 2. The number of rotatable bonds is 9. The van der Waals surface area contributed by atoms with Crippen LogP contribution in [-0.2, 0) is 22.5 Å². The molecule has 0 spiro atoms. The Bertz CT molecular complexity index is 1220. The van der Waals surface area contributed by atoms with Gasteiger partial charge in [0.1, 0.15) is 5.82 Å². The van der Waals surface area contributed by atoms with Crippen molar-refractivity contribution in [3.05, 3.63) is 43.4 Å². The molecule has 2 rings (SSSR count). The van der Waals surface area contributed by atoms with E-state index in [1.54, 1.807) is 6.92 Å². The number of H-pyrrole nitrogens is 2. The van der Waals surface area contributed by atoms with Crippen LogP contribution in [0.1, 0.15) is 66.7 Å². The van der Waals surface area contributed by atoms with Gasteiger partial charge in [0.25, 0.3) is 5.56 Å². The number of hydrogen-bond acceptors (Lipinski definition) is 7. The second kappa shape index (κ2) is 10.5. The van der Waals surface area contributed by atoms with Crippen LogP contribution in [0.5, 0.6) is 0 Å². The van der Waals surface area contributed by atoms with E-state index < -0.39 is 23.1 Å². The molecule has 34 heavy (non-hydrogen) atoms. The fourth-order valence-electron chi connectivity index (χ4n) is 3.84. The third-order valence-electron chi connectivity index (χ3n) is 5.28. The lowest BCUT2D eigenvalue weighted by Gasteiger charge is -2.26. The van der Waals surface area contributed by atoms with E-state index in [0.717, 1.165) is 0 Å². The summed E-state index contributed by atoms with van der Waals surface area (Å²) in [6.45, 7) is 10.8. The number of hydrogen-bond donors (Lipinski definition) is 3. The molecule has 186 valence electrons. The summed E-state index contributed by atoms with van der Waals surface area (Å²) in [4.78, 5) is 69.3. The number of nitrogens with one attached hydrogen (secondary N) is 2. The third kappa shape index (κ3) is 5.46. The van der Waals surface area contributed by atoms with Crippen LogP contribution in [0.4, 0.5) is 11.5 Å². The maximum Gasteiger partial charge on any atom is 0.339 e. The number of ketones is 1. The van der Waals surface area contributed by atoms with E-state index in [0.29, 0.717) is 5.56 Å². The van der Waals surface area contributed by atoms with Gasteiger partial charge in [-0.25, -0.2) is 9.59 Å². The molecule has 4 N–H and O–H groups in total. The number of esters is 1. The molecular weight excluding hydrogens is 442 g/mol. The minimum Gasteiger partial charge on any atom is -0.465 e. The number of nitrogen functional groups attached to an aromatic ring is 1. The molecule has 2 heterocycles. The number of Topliss-reactive ketones (excluding diaryl/α,β-unsaturated/α-hetero) is 1. The van der Waals surface area contributed by atoms with Gasteiger partial charge in [0.2, 0.25) is 5.91 Å². The number of carbonyl (C=O) groups excluding carboxylic acids is 3. The molecule has 2 aromatic heterocycles. The van der Waals surface area contributed by atoms with Crippen molar-refractivity contribution in [3.63, 3.8) is 0 Å². The minimum absolute atomic E-state index is 0.0496. The molecule has 11 nitrogen and oxygen atoms in total. The maximum absolute atomic E-state index is 13.5. The lowest BCUT2D eigenvalue weighted by atomic mass is 10.1. The van der Waals surface area contributed by atoms with E-state index in [4.69, 9.17) is 10.5 Å². The number of nitrogens with two attached hydrogens (primary N) is 1. The van der Waals surface area contributed by atoms with Gasteiger partial charge in [-0.3, -0.25) is 23.9 Å². The first-order valence-corrected chi connectivity index (χ1v) is 11.0. The Hall–Kier alpha value is -3.63. The summed E-state index contributed by atoms with van der Waals surface area (Å²) in [6, 6.07) is 0. The van der Waals surface area contributed by atoms with Crippen molar-refractivity contribution in [2.45, 2.75) is 54.5 Å². The number of ether oxygens (including phenoxy) is 1. The van der Waals surface area contributed by atoms with Crippen molar-refractivity contribution in [3.8, 4) is 0 Å². The van der Waals surface area contributed by atoms with Gasteiger partial charge < -0.3 is 20.4 Å². The third-order valence-corrected chi connectivity index (χ3v) is 5.28. The van der Waals surface area contributed by atoms with Crippen molar-refractivity contribution in [1.29, 1.82) is 0 Å². The Morgan fingerprint density at radius 3 is 2.21 bits per heavy atom. The highest BCUT2D eigenvalue weighted by molar-refractivity contribution is 6.03. The summed E-state index contributed by atoms with van der Waals surface area (Å²) >= 11 is 0. The first kappa shape index (κ1) is 26.6. The molecular formula is C23H33N5O6. The molecule has 0 fully saturated rings. The van der Waals surface area contributed by atoms with E-state index in [1.807, 2.05) is 27.7 Å². The van der Waals surface area contributed by atoms with Gasteiger partial charge in [0.15, 0.2) is 11.5 Å². The van der Waals surface area contributed by atoms with Crippen LogP contribution in [0.15, 0.2) is 9.59 Å². The lowest BCUT2D eigenvalue weighted by Crippen LogP contribution is -2.43. The van der Waals surface area contributed by atoms with Gasteiger partial charge in [-0.2, -0.15) is 0 Å². The number of nitrogens with zero attached hydrogens (tertiary/aromatic N) is 2. The summed E-state index contributed by atoms with van der Waals surface area (Å²) in [6.07, 6.45) is -0.326. The van der Waals surface area contributed by atoms with E-state index in [1.165, 1.54) is 23.5 Å². The molecule has 11 heteroatoms. The predicted octanol–water partition coefficient (Wildman–Crippen LogP) is 1.63. The van der Waals surface area contributed by atoms with E-state index in [2.05, 4.69) is 9.97 Å². The molecule has 0 bridgehead atoms. The van der Waals surface area contributed by atoms with Crippen LogP contribution in [0.2, 0.25) is 0 Å². The molecule has 0 aromatic carbocycles. The van der Waals surface area contributed by atoms with Crippen LogP contribution in [0, 0.1) is 18.8 Å². The highest BCUT2D eigenvalue weighted by atomic mass is 16.5. The van der Waals surface area contributed by atoms with Crippen molar-refractivity contribution in [1.82, 2.24) is 14.5 Å². The number of carbonyl (C=O) groups is 3. The number of methoxy groups -OCH3 is 1. The zero-order valence-electron chi connectivity index (χ0n) is 20.7. The molecule has 0 atom stereocenters. The molecule has 0 aliphatic carbocycles. The summed E-state index contributed by atoms with van der Waals surface area (Å²) in [5.41, 5.74) is 5.52. The minimum atomic E-state index is -0.781. The second-order valence-electron chi connectivity index (χ2n) is 9.10. The van der Waals surface area contributed by atoms with Gasteiger partial charge in [-0.05, 0) is 24.3 Å². The molecule has 0 aliphatic rings. The Morgan fingerprint density at radius 2 is 1.71 bits per heavy atom. The number of aromatic nitrogens is 3. The molecule has 2 aromatic rings. The largest absolute Gasteiger partial charge is 0.465 e. The number of anilines is 2. The molecule has 0 saturated heterocycles. The van der Waals surface area contributed by atoms with Crippen LogP contribution in [0.3, 0.4) is 0 Å². The summed E-state index contributed by atoms with van der Waals surface area (Å²) in [5.74, 6) is -1.64. The van der Waals surface area contributed by atoms with E-state index in [-0.39, 0.29) is 65.6 Å². The normalized spacial score (nSPS) is 11.2. The van der Waals surface area contributed by atoms with Crippen LogP contribution < -0.4 is 21.9 Å². The van der Waals surface area contributed by atoms with Gasteiger partial charge >= 0.3 is 11.7 Å². The molecule has 0 radical (unpaired) electrons. The molecule has 1 amide bonds. The number of amides is 1. The molecule has 0 aliphatic heterocycles. The maximum atomic E-state index is 13.5. The Balaban J connectivity index is 2.64. The Labute approximate surface area is 197 Å². The van der Waals surface area contributed by atoms with Crippen molar-refractivity contribution in [2.75, 3.05) is 24.3 Å². The zero-order valence-corrected chi connectivity index (χ0v) is 20.7. The quantitative estimate of drug-likeness (QED) is 0.367. The Morgan fingerprint density at radius 1 is 1.09 bits per heavy atom. The van der Waals surface area contributed by atoms with Gasteiger partial charge in [-0.15, -0.1) is 0 Å². The average Bonchev–Trinajstić information content (AvgIpc) is 3.05. The van der Waals surface area contributed by atoms with Crippen LogP contribution in [-0.4, -0.2) is 45.8 Å². The summed E-state index contributed by atoms with van der Waals surface area (Å²) < 4.78 is 6.07. The molecule has 0 saturated carbocycles. The monoisotopic (exact) mass is 475 g/mol. The smallest absolute Gasteiger partial charge is 0.339 e. The van der Waals surface area contributed by atoms with Crippen molar-refractivity contribution in [2.24, 2.45) is 11.8 Å². The fraction of sp³-hybridized carbons (Fsp3) is 0.522. The van der Waals surface area contributed by atoms with Crippen LogP contribution >= 0.6 is 0 Å².